The Hall–Kier alpha value is -2.24. The first-order valence-corrected chi connectivity index (χ1v) is 9.05. The molecule has 3 aromatic rings. The summed E-state index contributed by atoms with van der Waals surface area (Å²) >= 11 is 0. The largest absolute Gasteiger partial charge is 0.337 e. The molecule has 1 saturated carbocycles. The van der Waals surface area contributed by atoms with Crippen LogP contribution in [0.3, 0.4) is 0 Å². The second-order valence-corrected chi connectivity index (χ2v) is 7.48. The van der Waals surface area contributed by atoms with E-state index in [1.54, 1.807) is 6.07 Å². The van der Waals surface area contributed by atoms with E-state index in [9.17, 15) is 4.39 Å². The Morgan fingerprint density at radius 3 is 2.68 bits per heavy atom. The van der Waals surface area contributed by atoms with Crippen LogP contribution in [0.15, 0.2) is 22.7 Å². The number of rotatable bonds is 3. The molecule has 0 aliphatic heterocycles. The molecule has 0 atom stereocenters. The van der Waals surface area contributed by atoms with Crippen LogP contribution in [0.2, 0.25) is 0 Å². The number of hydrogen-bond donors (Lipinski definition) is 0. The summed E-state index contributed by atoms with van der Waals surface area (Å²) in [6, 6.07) is 5.04. The highest BCUT2D eigenvalue weighted by molar-refractivity contribution is 5.84. The van der Waals surface area contributed by atoms with Crippen LogP contribution in [0.4, 0.5) is 4.39 Å². The Morgan fingerprint density at radius 1 is 1.20 bits per heavy atom. The lowest BCUT2D eigenvalue weighted by atomic mass is 9.83. The van der Waals surface area contributed by atoms with E-state index in [2.05, 4.69) is 22.2 Å². The van der Waals surface area contributed by atoms with Crippen molar-refractivity contribution in [3.05, 3.63) is 35.6 Å². The third-order valence-corrected chi connectivity index (χ3v) is 5.21. The van der Waals surface area contributed by atoms with Crippen molar-refractivity contribution in [2.45, 2.75) is 58.3 Å². The molecule has 0 amide bonds. The van der Waals surface area contributed by atoms with Crippen LogP contribution in [-0.4, -0.2) is 19.9 Å². The molecule has 2 heterocycles. The molecule has 0 spiro atoms. The number of nitrogens with zero attached hydrogens (tertiary/aromatic N) is 4. The Kier molecular flexibility index (Phi) is 4.06. The molecule has 1 aliphatic rings. The zero-order chi connectivity index (χ0) is 17.6. The van der Waals surface area contributed by atoms with Gasteiger partial charge < -0.3 is 4.52 Å². The summed E-state index contributed by atoms with van der Waals surface area (Å²) in [4.78, 5) is 4.55. The molecule has 1 aromatic carbocycles. The normalized spacial score (nSPS) is 21.3. The first-order valence-electron chi connectivity index (χ1n) is 9.05. The lowest BCUT2D eigenvalue weighted by Gasteiger charge is -2.22. The minimum Gasteiger partial charge on any atom is -0.337 e. The standard InChI is InChI=1S/C19H23FN4O/c1-11(2)16-14-5-4-6-15(20)17(14)24(22-16)19-21-18(25-23-19)13-9-7-12(3)8-10-13/h4-6,11-13H,7-10H2,1-3H3. The van der Waals surface area contributed by atoms with E-state index in [0.29, 0.717) is 23.3 Å². The van der Waals surface area contributed by atoms with E-state index in [0.717, 1.165) is 29.8 Å². The van der Waals surface area contributed by atoms with E-state index in [1.807, 2.05) is 19.9 Å². The quantitative estimate of drug-likeness (QED) is 0.675. The summed E-state index contributed by atoms with van der Waals surface area (Å²) in [5, 5.41) is 9.47. The van der Waals surface area contributed by atoms with Crippen molar-refractivity contribution in [1.29, 1.82) is 0 Å². The molecule has 6 heteroatoms. The Morgan fingerprint density at radius 2 is 1.96 bits per heavy atom. The monoisotopic (exact) mass is 342 g/mol. The van der Waals surface area contributed by atoms with Gasteiger partial charge in [0.2, 0.25) is 5.89 Å². The third kappa shape index (κ3) is 2.83. The van der Waals surface area contributed by atoms with Gasteiger partial charge in [-0.2, -0.15) is 14.8 Å². The highest BCUT2D eigenvalue weighted by Crippen LogP contribution is 2.35. The number of benzene rings is 1. The average Bonchev–Trinajstić information content (AvgIpc) is 3.20. The molecule has 0 N–H and O–H groups in total. The molecule has 132 valence electrons. The average molecular weight is 342 g/mol. The van der Waals surface area contributed by atoms with Gasteiger partial charge in [-0.25, -0.2) is 4.39 Å². The van der Waals surface area contributed by atoms with Gasteiger partial charge in [-0.05, 0) is 48.7 Å². The number of hydrogen-bond acceptors (Lipinski definition) is 4. The summed E-state index contributed by atoms with van der Waals surface area (Å²) < 4.78 is 21.5. The topological polar surface area (TPSA) is 56.7 Å². The fraction of sp³-hybridized carbons (Fsp3) is 0.526. The lowest BCUT2D eigenvalue weighted by Crippen LogP contribution is -2.11. The number of aromatic nitrogens is 4. The fourth-order valence-corrected chi connectivity index (χ4v) is 3.71. The van der Waals surface area contributed by atoms with Gasteiger partial charge in [-0.1, -0.05) is 32.9 Å². The maximum Gasteiger partial charge on any atom is 0.291 e. The Bertz CT molecular complexity index is 890. The molecule has 25 heavy (non-hydrogen) atoms. The van der Waals surface area contributed by atoms with Crippen molar-refractivity contribution < 1.29 is 8.91 Å². The number of halogens is 1. The Balaban J connectivity index is 1.75. The summed E-state index contributed by atoms with van der Waals surface area (Å²) in [5.74, 6) is 1.88. The van der Waals surface area contributed by atoms with Crippen molar-refractivity contribution in [1.82, 2.24) is 19.9 Å². The zero-order valence-electron chi connectivity index (χ0n) is 14.9. The van der Waals surface area contributed by atoms with Gasteiger partial charge in [-0.3, -0.25) is 0 Å². The number of fused-ring (bicyclic) bond motifs is 1. The van der Waals surface area contributed by atoms with Gasteiger partial charge in [0.25, 0.3) is 5.95 Å². The number of para-hydroxylation sites is 1. The molecule has 0 radical (unpaired) electrons. The molecule has 0 bridgehead atoms. The molecular weight excluding hydrogens is 319 g/mol. The van der Waals surface area contributed by atoms with Crippen molar-refractivity contribution in [2.75, 3.05) is 0 Å². The van der Waals surface area contributed by atoms with Gasteiger partial charge in [-0.15, -0.1) is 0 Å². The van der Waals surface area contributed by atoms with Crippen LogP contribution >= 0.6 is 0 Å². The van der Waals surface area contributed by atoms with E-state index in [4.69, 9.17) is 4.52 Å². The molecular formula is C19H23FN4O. The second kappa shape index (κ2) is 6.24. The molecule has 1 fully saturated rings. The van der Waals surface area contributed by atoms with Gasteiger partial charge in [0, 0.05) is 11.3 Å². The van der Waals surface area contributed by atoms with E-state index in [-0.39, 0.29) is 11.7 Å². The van der Waals surface area contributed by atoms with Gasteiger partial charge in [0.1, 0.15) is 11.3 Å². The Labute approximate surface area is 146 Å². The van der Waals surface area contributed by atoms with Crippen LogP contribution in [0.5, 0.6) is 0 Å². The maximum atomic E-state index is 14.5. The third-order valence-electron chi connectivity index (χ3n) is 5.21. The summed E-state index contributed by atoms with van der Waals surface area (Å²) in [6.45, 7) is 6.37. The van der Waals surface area contributed by atoms with Gasteiger partial charge >= 0.3 is 0 Å². The minimum atomic E-state index is -0.324. The lowest BCUT2D eigenvalue weighted by molar-refractivity contribution is 0.281. The van der Waals surface area contributed by atoms with Crippen LogP contribution in [0, 0.1) is 11.7 Å². The molecule has 2 aromatic heterocycles. The van der Waals surface area contributed by atoms with Crippen LogP contribution in [0.1, 0.15) is 69.9 Å². The molecule has 4 rings (SSSR count). The first-order chi connectivity index (χ1) is 12.0. The predicted molar refractivity (Wildman–Crippen MR) is 93.3 cm³/mol. The summed E-state index contributed by atoms with van der Waals surface area (Å²) in [6.07, 6.45) is 4.49. The maximum absolute atomic E-state index is 14.5. The van der Waals surface area contributed by atoms with Gasteiger partial charge in [0.05, 0.1) is 5.69 Å². The highest BCUT2D eigenvalue weighted by atomic mass is 19.1. The molecule has 1 aliphatic carbocycles. The summed E-state index contributed by atoms with van der Waals surface area (Å²) in [5.41, 5.74) is 1.25. The molecule has 5 nitrogen and oxygen atoms in total. The first kappa shape index (κ1) is 16.2. The SMILES string of the molecule is CC1CCC(c2nc(-n3nc(C(C)C)c4cccc(F)c43)no2)CC1. The van der Waals surface area contributed by atoms with Crippen molar-refractivity contribution in [3.63, 3.8) is 0 Å². The van der Waals surface area contributed by atoms with E-state index >= 15 is 0 Å². The minimum absolute atomic E-state index is 0.178. The van der Waals surface area contributed by atoms with Crippen molar-refractivity contribution >= 4 is 10.9 Å². The summed E-state index contributed by atoms with van der Waals surface area (Å²) in [7, 11) is 0. The van der Waals surface area contributed by atoms with E-state index in [1.165, 1.54) is 23.6 Å². The smallest absolute Gasteiger partial charge is 0.291 e. The van der Waals surface area contributed by atoms with Crippen LogP contribution in [0.25, 0.3) is 16.9 Å². The van der Waals surface area contributed by atoms with Crippen molar-refractivity contribution in [3.8, 4) is 5.95 Å². The highest BCUT2D eigenvalue weighted by Gasteiger charge is 2.26. The zero-order valence-corrected chi connectivity index (χ0v) is 14.9. The second-order valence-electron chi connectivity index (χ2n) is 7.48. The fourth-order valence-electron chi connectivity index (χ4n) is 3.71. The van der Waals surface area contributed by atoms with Gasteiger partial charge in [0.15, 0.2) is 0 Å². The van der Waals surface area contributed by atoms with Crippen LogP contribution in [-0.2, 0) is 0 Å². The molecule has 0 saturated heterocycles. The van der Waals surface area contributed by atoms with E-state index < -0.39 is 0 Å². The molecule has 0 unspecified atom stereocenters. The van der Waals surface area contributed by atoms with Crippen molar-refractivity contribution in [2.24, 2.45) is 5.92 Å². The predicted octanol–water partition coefficient (Wildman–Crippen LogP) is 4.96. The van der Waals surface area contributed by atoms with Crippen LogP contribution < -0.4 is 0 Å².